The lowest BCUT2D eigenvalue weighted by Crippen LogP contribution is -2.59. The minimum Gasteiger partial charge on any atom is -0.503 e. The van der Waals surface area contributed by atoms with Gasteiger partial charge in [-0.1, -0.05) is 18.9 Å². The van der Waals surface area contributed by atoms with Crippen molar-refractivity contribution in [2.45, 2.75) is 51.1 Å². The fourth-order valence-electron chi connectivity index (χ4n) is 4.98. The number of carbonyl (C=O) groups is 2. The Morgan fingerprint density at radius 1 is 1.18 bits per heavy atom. The maximum absolute atomic E-state index is 13.8. The zero-order valence-corrected chi connectivity index (χ0v) is 17.7. The second-order valence-electron chi connectivity index (χ2n) is 8.77. The Hall–Kier alpha value is -3.27. The molecule has 3 aliphatic rings. The Morgan fingerprint density at radius 2 is 1.97 bits per heavy atom. The Labute approximate surface area is 187 Å². The molecular formula is C23H23F2N3O5. The van der Waals surface area contributed by atoms with E-state index >= 15 is 0 Å². The standard InChI is InChI=1S/C23H23F2N3O5/c24-14-6-5-12(16(25)7-14)8-26-22(31)15-10-27-11-18-28(23(32)19(27)21(30)20(15)29)9-13-3-1-2-4-17(13)33-18/h5-7,10,13,17-18,30H,1-4,8-9,11H2,(H,26,31)/t13?,17?,18-/m1/s1. The van der Waals surface area contributed by atoms with Crippen LogP contribution in [0.25, 0.3) is 0 Å². The molecule has 2 fully saturated rings. The number of aromatic hydroxyl groups is 1. The smallest absolute Gasteiger partial charge is 0.276 e. The first kappa shape index (κ1) is 21.6. The summed E-state index contributed by atoms with van der Waals surface area (Å²) in [5, 5.41) is 12.9. The van der Waals surface area contributed by atoms with Gasteiger partial charge in [-0.2, -0.15) is 0 Å². The van der Waals surface area contributed by atoms with E-state index in [2.05, 4.69) is 5.32 Å². The van der Waals surface area contributed by atoms with Crippen molar-refractivity contribution in [3.8, 4) is 5.75 Å². The average Bonchev–Trinajstić information content (AvgIpc) is 2.79. The van der Waals surface area contributed by atoms with Crippen molar-refractivity contribution in [1.82, 2.24) is 14.8 Å². The fraction of sp³-hybridized carbons (Fsp3) is 0.435. The number of fused-ring (bicyclic) bond motifs is 3. The summed E-state index contributed by atoms with van der Waals surface area (Å²) >= 11 is 0. The minimum absolute atomic E-state index is 0.0375. The van der Waals surface area contributed by atoms with Gasteiger partial charge >= 0.3 is 0 Å². The van der Waals surface area contributed by atoms with E-state index in [1.54, 1.807) is 4.90 Å². The Bertz CT molecular complexity index is 1200. The van der Waals surface area contributed by atoms with Gasteiger partial charge in [-0.05, 0) is 18.9 Å². The highest BCUT2D eigenvalue weighted by Gasteiger charge is 2.44. The Morgan fingerprint density at radius 3 is 2.76 bits per heavy atom. The summed E-state index contributed by atoms with van der Waals surface area (Å²) in [6.07, 6.45) is 4.79. The van der Waals surface area contributed by atoms with Crippen LogP contribution in [0.4, 0.5) is 8.78 Å². The number of ether oxygens (including phenoxy) is 1. The number of hydrogen-bond donors (Lipinski definition) is 2. The van der Waals surface area contributed by atoms with Gasteiger partial charge in [0.25, 0.3) is 11.8 Å². The molecule has 2 amide bonds. The molecule has 2 unspecified atom stereocenters. The fourth-order valence-corrected chi connectivity index (χ4v) is 4.98. The molecule has 33 heavy (non-hydrogen) atoms. The summed E-state index contributed by atoms with van der Waals surface area (Å²) in [4.78, 5) is 40.0. The van der Waals surface area contributed by atoms with Crippen molar-refractivity contribution < 1.29 is 28.2 Å². The van der Waals surface area contributed by atoms with Crippen LogP contribution in [0.5, 0.6) is 5.75 Å². The summed E-state index contributed by atoms with van der Waals surface area (Å²) in [7, 11) is 0. The molecule has 0 bridgehead atoms. The molecule has 0 spiro atoms. The molecule has 3 heterocycles. The van der Waals surface area contributed by atoms with Crippen LogP contribution in [0.15, 0.2) is 29.2 Å². The van der Waals surface area contributed by atoms with Crippen molar-refractivity contribution in [3.05, 3.63) is 63.1 Å². The highest BCUT2D eigenvalue weighted by molar-refractivity contribution is 5.99. The molecule has 2 aliphatic heterocycles. The van der Waals surface area contributed by atoms with E-state index in [1.165, 1.54) is 16.8 Å². The highest BCUT2D eigenvalue weighted by Crippen LogP contribution is 2.36. The van der Waals surface area contributed by atoms with E-state index in [1.807, 2.05) is 0 Å². The van der Waals surface area contributed by atoms with Crippen LogP contribution in [0.3, 0.4) is 0 Å². The van der Waals surface area contributed by atoms with Gasteiger partial charge in [0.15, 0.2) is 17.7 Å². The summed E-state index contributed by atoms with van der Waals surface area (Å²) in [6, 6.07) is 2.94. The van der Waals surface area contributed by atoms with Crippen LogP contribution in [-0.4, -0.2) is 45.3 Å². The Kier molecular flexibility index (Phi) is 5.40. The molecule has 1 aromatic carbocycles. The third-order valence-electron chi connectivity index (χ3n) is 6.72. The van der Waals surface area contributed by atoms with Crippen molar-refractivity contribution in [2.24, 2.45) is 5.92 Å². The molecule has 1 saturated heterocycles. The van der Waals surface area contributed by atoms with Crippen LogP contribution >= 0.6 is 0 Å². The predicted octanol–water partition coefficient (Wildman–Crippen LogP) is 2.13. The van der Waals surface area contributed by atoms with Crippen molar-refractivity contribution in [2.75, 3.05) is 6.54 Å². The number of hydrogen-bond acceptors (Lipinski definition) is 5. The minimum atomic E-state index is -0.987. The first-order valence-electron chi connectivity index (χ1n) is 11.0. The third-order valence-corrected chi connectivity index (χ3v) is 6.72. The molecule has 1 saturated carbocycles. The lowest BCUT2D eigenvalue weighted by atomic mass is 9.84. The van der Waals surface area contributed by atoms with E-state index in [4.69, 9.17) is 4.74 Å². The number of carbonyl (C=O) groups excluding carboxylic acids is 2. The zero-order chi connectivity index (χ0) is 23.3. The molecule has 1 aromatic heterocycles. The lowest BCUT2D eigenvalue weighted by Gasteiger charge is -2.48. The van der Waals surface area contributed by atoms with Gasteiger partial charge in [0.2, 0.25) is 5.43 Å². The van der Waals surface area contributed by atoms with E-state index in [0.717, 1.165) is 31.7 Å². The molecule has 0 radical (unpaired) electrons. The molecule has 2 N–H and O–H groups in total. The monoisotopic (exact) mass is 459 g/mol. The van der Waals surface area contributed by atoms with E-state index in [0.29, 0.717) is 12.6 Å². The number of nitrogens with one attached hydrogen (secondary N) is 1. The second kappa shape index (κ2) is 8.26. The number of halogens is 2. The highest BCUT2D eigenvalue weighted by atomic mass is 19.1. The molecule has 10 heteroatoms. The zero-order valence-electron chi connectivity index (χ0n) is 17.7. The Balaban J connectivity index is 1.40. The van der Waals surface area contributed by atoms with E-state index in [-0.39, 0.29) is 41.9 Å². The molecule has 2 aromatic rings. The molecule has 1 aliphatic carbocycles. The van der Waals surface area contributed by atoms with Crippen molar-refractivity contribution in [3.63, 3.8) is 0 Å². The van der Waals surface area contributed by atoms with Crippen LogP contribution in [0, 0.1) is 17.6 Å². The van der Waals surface area contributed by atoms with Gasteiger partial charge in [0.1, 0.15) is 17.2 Å². The number of benzene rings is 1. The second-order valence-corrected chi connectivity index (χ2v) is 8.77. The number of amides is 2. The number of nitrogens with zero attached hydrogens (tertiary/aromatic N) is 2. The third kappa shape index (κ3) is 3.78. The number of rotatable bonds is 3. The number of pyridine rings is 1. The summed E-state index contributed by atoms with van der Waals surface area (Å²) in [6.45, 7) is 0.396. The van der Waals surface area contributed by atoms with Crippen LogP contribution in [0.2, 0.25) is 0 Å². The largest absolute Gasteiger partial charge is 0.503 e. The maximum Gasteiger partial charge on any atom is 0.276 e. The molecule has 8 nitrogen and oxygen atoms in total. The summed E-state index contributed by atoms with van der Waals surface area (Å²) in [5.74, 6) is -3.50. The predicted molar refractivity (Wildman–Crippen MR) is 112 cm³/mol. The molecular weight excluding hydrogens is 436 g/mol. The first-order valence-corrected chi connectivity index (χ1v) is 11.0. The quantitative estimate of drug-likeness (QED) is 0.733. The average molecular weight is 459 g/mol. The SMILES string of the molecule is O=C(NCc1ccc(F)cc1F)c1cn2c(c(O)c1=O)C(=O)N1CC3CCCCC3O[C@@H]1C2. The maximum atomic E-state index is 13.8. The van der Waals surface area contributed by atoms with Gasteiger partial charge in [-0.15, -0.1) is 0 Å². The summed E-state index contributed by atoms with van der Waals surface area (Å²) in [5.41, 5.74) is -1.50. The normalized spacial score (nSPS) is 24.0. The number of aromatic nitrogens is 1. The first-order chi connectivity index (χ1) is 15.8. The van der Waals surface area contributed by atoms with Crippen LogP contribution < -0.4 is 10.7 Å². The lowest BCUT2D eigenvalue weighted by molar-refractivity contribution is -0.169. The van der Waals surface area contributed by atoms with Crippen molar-refractivity contribution >= 4 is 11.8 Å². The molecule has 3 atom stereocenters. The molecule has 174 valence electrons. The van der Waals surface area contributed by atoms with Gasteiger partial charge < -0.3 is 24.6 Å². The van der Waals surface area contributed by atoms with E-state index < -0.39 is 40.9 Å². The van der Waals surface area contributed by atoms with Crippen LogP contribution in [-0.2, 0) is 17.8 Å². The van der Waals surface area contributed by atoms with Crippen LogP contribution in [0.1, 0.15) is 52.1 Å². The van der Waals surface area contributed by atoms with E-state index in [9.17, 15) is 28.3 Å². The van der Waals surface area contributed by atoms with Gasteiger partial charge in [0, 0.05) is 36.8 Å². The summed E-state index contributed by atoms with van der Waals surface area (Å²) < 4.78 is 34.5. The van der Waals surface area contributed by atoms with Gasteiger partial charge in [-0.25, -0.2) is 8.78 Å². The van der Waals surface area contributed by atoms with Crippen molar-refractivity contribution in [1.29, 1.82) is 0 Å². The van der Waals surface area contributed by atoms with Gasteiger partial charge in [0.05, 0.1) is 12.6 Å². The molecule has 5 rings (SSSR count). The topological polar surface area (TPSA) is 101 Å². The van der Waals surface area contributed by atoms with Gasteiger partial charge in [-0.3, -0.25) is 14.4 Å².